The molecule has 0 unspecified atom stereocenters. The van der Waals surface area contributed by atoms with Crippen molar-refractivity contribution < 1.29 is 4.79 Å². The minimum absolute atomic E-state index is 0.202. The molecule has 0 fully saturated rings. The second-order valence-corrected chi connectivity index (χ2v) is 7.83. The molecule has 3 aromatic carbocycles. The Balaban J connectivity index is 1.36. The van der Waals surface area contributed by atoms with Crippen LogP contribution in [-0.4, -0.2) is 22.2 Å². The third-order valence-corrected chi connectivity index (χ3v) is 5.73. The molecular weight excluding hydrogens is 384 g/mol. The van der Waals surface area contributed by atoms with Gasteiger partial charge in [0.05, 0.1) is 5.69 Å². The van der Waals surface area contributed by atoms with Gasteiger partial charge in [-0.1, -0.05) is 54.6 Å². The second-order valence-electron chi connectivity index (χ2n) is 7.83. The Labute approximate surface area is 182 Å². The van der Waals surface area contributed by atoms with Crippen LogP contribution >= 0.6 is 0 Å². The smallest absolute Gasteiger partial charge is 0.276 e. The fourth-order valence-electron chi connectivity index (χ4n) is 4.16. The van der Waals surface area contributed by atoms with Crippen LogP contribution in [0.4, 0.5) is 11.4 Å². The predicted octanol–water partition coefficient (Wildman–Crippen LogP) is 5.00. The van der Waals surface area contributed by atoms with Gasteiger partial charge in [-0.05, 0) is 54.8 Å². The summed E-state index contributed by atoms with van der Waals surface area (Å²) in [4.78, 5) is 15.4. The molecule has 0 saturated heterocycles. The maximum atomic E-state index is 13.0. The molecule has 2 heterocycles. The Morgan fingerprint density at radius 2 is 1.71 bits per heavy atom. The van der Waals surface area contributed by atoms with E-state index in [1.54, 1.807) is 4.68 Å². The average molecular weight is 409 g/mol. The van der Waals surface area contributed by atoms with Crippen molar-refractivity contribution in [3.8, 4) is 5.69 Å². The van der Waals surface area contributed by atoms with E-state index in [9.17, 15) is 4.79 Å². The van der Waals surface area contributed by atoms with Gasteiger partial charge in [-0.2, -0.15) is 5.10 Å². The molecule has 0 radical (unpaired) electrons. The highest BCUT2D eigenvalue weighted by Gasteiger charge is 2.20. The molecule has 5 rings (SSSR count). The number of para-hydroxylation sites is 3. The molecule has 1 aromatic heterocycles. The van der Waals surface area contributed by atoms with Crippen molar-refractivity contribution in [2.75, 3.05) is 16.8 Å². The molecule has 1 aliphatic rings. The van der Waals surface area contributed by atoms with E-state index in [0.717, 1.165) is 42.1 Å². The number of benzene rings is 3. The SMILES string of the molecule is Cc1cc(C(=O)Nc2ccccc2CN2CCc3ccccc32)nn1-c1ccccc1. The topological polar surface area (TPSA) is 50.2 Å². The van der Waals surface area contributed by atoms with Gasteiger partial charge in [0.2, 0.25) is 0 Å². The number of nitrogens with zero attached hydrogens (tertiary/aromatic N) is 3. The van der Waals surface area contributed by atoms with Gasteiger partial charge in [0, 0.05) is 30.2 Å². The van der Waals surface area contributed by atoms with Gasteiger partial charge >= 0.3 is 0 Å². The number of aromatic nitrogens is 2. The molecule has 0 spiro atoms. The van der Waals surface area contributed by atoms with E-state index >= 15 is 0 Å². The van der Waals surface area contributed by atoms with Crippen LogP contribution in [0.15, 0.2) is 84.9 Å². The molecule has 154 valence electrons. The summed E-state index contributed by atoms with van der Waals surface area (Å²) in [6.45, 7) is 3.70. The van der Waals surface area contributed by atoms with E-state index in [2.05, 4.69) is 45.6 Å². The Kier molecular flexibility index (Phi) is 5.00. The van der Waals surface area contributed by atoms with Crippen LogP contribution in [0.5, 0.6) is 0 Å². The number of carbonyl (C=O) groups is 1. The number of hydrogen-bond donors (Lipinski definition) is 1. The Bertz CT molecular complexity index is 1230. The number of anilines is 2. The number of amides is 1. The summed E-state index contributed by atoms with van der Waals surface area (Å²) >= 11 is 0. The Hall–Kier alpha value is -3.86. The minimum atomic E-state index is -0.202. The maximum absolute atomic E-state index is 13.0. The van der Waals surface area contributed by atoms with E-state index in [1.807, 2.05) is 61.5 Å². The zero-order valence-corrected chi connectivity index (χ0v) is 17.5. The van der Waals surface area contributed by atoms with E-state index < -0.39 is 0 Å². The maximum Gasteiger partial charge on any atom is 0.276 e. The van der Waals surface area contributed by atoms with Crippen LogP contribution in [0.1, 0.15) is 27.3 Å². The molecule has 1 amide bonds. The lowest BCUT2D eigenvalue weighted by Crippen LogP contribution is -2.21. The van der Waals surface area contributed by atoms with Crippen LogP contribution in [0.3, 0.4) is 0 Å². The average Bonchev–Trinajstić information content (AvgIpc) is 3.39. The van der Waals surface area contributed by atoms with Gasteiger partial charge in [-0.3, -0.25) is 4.79 Å². The van der Waals surface area contributed by atoms with Crippen molar-refractivity contribution in [2.45, 2.75) is 19.9 Å². The molecular formula is C26H24N4O. The monoisotopic (exact) mass is 408 g/mol. The fourth-order valence-corrected chi connectivity index (χ4v) is 4.16. The molecule has 5 nitrogen and oxygen atoms in total. The first-order valence-electron chi connectivity index (χ1n) is 10.5. The quantitative estimate of drug-likeness (QED) is 0.506. The third kappa shape index (κ3) is 3.82. The van der Waals surface area contributed by atoms with Gasteiger partial charge in [0.15, 0.2) is 5.69 Å². The van der Waals surface area contributed by atoms with Gasteiger partial charge in [0.25, 0.3) is 5.91 Å². The fraction of sp³-hybridized carbons (Fsp3) is 0.154. The van der Waals surface area contributed by atoms with Crippen LogP contribution in [0.25, 0.3) is 5.69 Å². The van der Waals surface area contributed by atoms with Crippen LogP contribution in [-0.2, 0) is 13.0 Å². The van der Waals surface area contributed by atoms with Crippen molar-refractivity contribution in [1.29, 1.82) is 0 Å². The number of carbonyl (C=O) groups excluding carboxylic acids is 1. The molecule has 0 atom stereocenters. The van der Waals surface area contributed by atoms with Gasteiger partial charge < -0.3 is 10.2 Å². The van der Waals surface area contributed by atoms with Crippen LogP contribution in [0, 0.1) is 6.92 Å². The molecule has 1 aliphatic heterocycles. The molecule has 31 heavy (non-hydrogen) atoms. The highest BCUT2D eigenvalue weighted by Crippen LogP contribution is 2.30. The Morgan fingerprint density at radius 3 is 2.58 bits per heavy atom. The lowest BCUT2D eigenvalue weighted by atomic mass is 10.1. The summed E-state index contributed by atoms with van der Waals surface area (Å²) in [5.41, 5.74) is 6.83. The van der Waals surface area contributed by atoms with Crippen molar-refractivity contribution in [2.24, 2.45) is 0 Å². The van der Waals surface area contributed by atoms with Crippen molar-refractivity contribution in [3.05, 3.63) is 107 Å². The van der Waals surface area contributed by atoms with E-state index in [1.165, 1.54) is 11.3 Å². The Morgan fingerprint density at radius 1 is 0.968 bits per heavy atom. The number of fused-ring (bicyclic) bond motifs is 1. The number of aryl methyl sites for hydroxylation is 1. The molecule has 0 aliphatic carbocycles. The molecule has 4 aromatic rings. The number of nitrogens with one attached hydrogen (secondary N) is 1. The van der Waals surface area contributed by atoms with Gasteiger partial charge in [-0.25, -0.2) is 4.68 Å². The van der Waals surface area contributed by atoms with E-state index in [-0.39, 0.29) is 5.91 Å². The summed E-state index contributed by atoms with van der Waals surface area (Å²) in [7, 11) is 0. The summed E-state index contributed by atoms with van der Waals surface area (Å²) < 4.78 is 1.79. The normalized spacial score (nSPS) is 12.6. The lowest BCUT2D eigenvalue weighted by molar-refractivity contribution is 0.102. The van der Waals surface area contributed by atoms with Gasteiger partial charge in [-0.15, -0.1) is 0 Å². The molecule has 5 heteroatoms. The molecule has 1 N–H and O–H groups in total. The molecule has 0 bridgehead atoms. The number of rotatable bonds is 5. The van der Waals surface area contributed by atoms with E-state index in [0.29, 0.717) is 5.69 Å². The van der Waals surface area contributed by atoms with Gasteiger partial charge in [0.1, 0.15) is 0 Å². The zero-order valence-electron chi connectivity index (χ0n) is 17.5. The number of hydrogen-bond acceptors (Lipinski definition) is 3. The molecule has 0 saturated carbocycles. The highest BCUT2D eigenvalue weighted by atomic mass is 16.2. The first kappa shape index (κ1) is 19.1. The summed E-state index contributed by atoms with van der Waals surface area (Å²) in [5.74, 6) is -0.202. The van der Waals surface area contributed by atoms with Crippen LogP contribution < -0.4 is 10.2 Å². The zero-order chi connectivity index (χ0) is 21.2. The lowest BCUT2D eigenvalue weighted by Gasteiger charge is -2.21. The van der Waals surface area contributed by atoms with E-state index in [4.69, 9.17) is 0 Å². The summed E-state index contributed by atoms with van der Waals surface area (Å²) in [5, 5.41) is 7.61. The summed E-state index contributed by atoms with van der Waals surface area (Å²) in [6.07, 6.45) is 1.06. The van der Waals surface area contributed by atoms with Crippen molar-refractivity contribution >= 4 is 17.3 Å². The minimum Gasteiger partial charge on any atom is -0.367 e. The summed E-state index contributed by atoms with van der Waals surface area (Å²) in [6, 6.07) is 28.2. The first-order chi connectivity index (χ1) is 15.2. The van der Waals surface area contributed by atoms with Crippen molar-refractivity contribution in [3.63, 3.8) is 0 Å². The standard InChI is InChI=1S/C26H24N4O/c1-19-17-24(28-30(19)22-11-3-2-4-12-22)26(31)27-23-13-7-5-10-21(23)18-29-16-15-20-9-6-8-14-25(20)29/h2-14,17H,15-16,18H2,1H3,(H,27,31). The predicted molar refractivity (Wildman–Crippen MR) is 124 cm³/mol. The highest BCUT2D eigenvalue weighted by molar-refractivity contribution is 6.03. The van der Waals surface area contributed by atoms with Crippen molar-refractivity contribution in [1.82, 2.24) is 9.78 Å². The van der Waals surface area contributed by atoms with Crippen LogP contribution in [0.2, 0.25) is 0 Å². The second kappa shape index (κ2) is 8.11. The third-order valence-electron chi connectivity index (χ3n) is 5.73. The largest absolute Gasteiger partial charge is 0.367 e. The first-order valence-corrected chi connectivity index (χ1v) is 10.5.